The SMILES string of the molecule is COCCCC[C@](O)(c1ccccc1Oc1ccccc1C)[C@H]1CNCCO1. The van der Waals surface area contributed by atoms with Crippen LogP contribution in [0.5, 0.6) is 11.5 Å². The molecular formula is C23H31NO4. The van der Waals surface area contributed by atoms with Gasteiger partial charge in [0.2, 0.25) is 0 Å². The molecule has 1 saturated heterocycles. The number of ether oxygens (including phenoxy) is 3. The highest BCUT2D eigenvalue weighted by Gasteiger charge is 2.41. The lowest BCUT2D eigenvalue weighted by Crippen LogP contribution is -2.51. The van der Waals surface area contributed by atoms with Crippen LogP contribution in [0.15, 0.2) is 48.5 Å². The molecule has 152 valence electrons. The van der Waals surface area contributed by atoms with E-state index in [-0.39, 0.29) is 6.10 Å². The molecule has 2 aromatic carbocycles. The molecule has 5 nitrogen and oxygen atoms in total. The second kappa shape index (κ2) is 10.0. The van der Waals surface area contributed by atoms with E-state index in [1.807, 2.05) is 55.5 Å². The maximum absolute atomic E-state index is 11.8. The lowest BCUT2D eigenvalue weighted by atomic mass is 9.82. The van der Waals surface area contributed by atoms with Crippen molar-refractivity contribution in [3.05, 3.63) is 59.7 Å². The summed E-state index contributed by atoms with van der Waals surface area (Å²) in [6, 6.07) is 15.6. The molecule has 0 unspecified atom stereocenters. The van der Waals surface area contributed by atoms with Gasteiger partial charge in [0.1, 0.15) is 23.2 Å². The maximum atomic E-state index is 11.8. The summed E-state index contributed by atoms with van der Waals surface area (Å²) < 4.78 is 17.4. The Morgan fingerprint density at radius 3 is 2.57 bits per heavy atom. The van der Waals surface area contributed by atoms with Crippen LogP contribution in [-0.2, 0) is 15.1 Å². The summed E-state index contributed by atoms with van der Waals surface area (Å²) in [7, 11) is 1.70. The molecule has 0 amide bonds. The van der Waals surface area contributed by atoms with Crippen LogP contribution < -0.4 is 10.1 Å². The van der Waals surface area contributed by atoms with Gasteiger partial charge in [0, 0.05) is 32.4 Å². The van der Waals surface area contributed by atoms with Gasteiger partial charge in [0.25, 0.3) is 0 Å². The fourth-order valence-electron chi connectivity index (χ4n) is 3.68. The van der Waals surface area contributed by atoms with Crippen LogP contribution in [-0.4, -0.2) is 44.6 Å². The van der Waals surface area contributed by atoms with Gasteiger partial charge in [-0.25, -0.2) is 0 Å². The van der Waals surface area contributed by atoms with Gasteiger partial charge in [-0.1, -0.05) is 36.4 Å². The Bertz CT molecular complexity index is 745. The van der Waals surface area contributed by atoms with E-state index < -0.39 is 5.60 Å². The third-order valence-corrected chi connectivity index (χ3v) is 5.28. The lowest BCUT2D eigenvalue weighted by Gasteiger charge is -2.39. The zero-order chi connectivity index (χ0) is 19.8. The molecule has 0 bridgehead atoms. The lowest BCUT2D eigenvalue weighted by molar-refractivity contribution is -0.130. The highest BCUT2D eigenvalue weighted by atomic mass is 16.5. The zero-order valence-electron chi connectivity index (χ0n) is 16.8. The van der Waals surface area contributed by atoms with Gasteiger partial charge >= 0.3 is 0 Å². The Kier molecular flexibility index (Phi) is 7.45. The third-order valence-electron chi connectivity index (χ3n) is 5.28. The summed E-state index contributed by atoms with van der Waals surface area (Å²) in [5.74, 6) is 1.46. The second-order valence-corrected chi connectivity index (χ2v) is 7.30. The minimum atomic E-state index is -1.14. The van der Waals surface area contributed by atoms with Crippen molar-refractivity contribution in [3.63, 3.8) is 0 Å². The van der Waals surface area contributed by atoms with Gasteiger partial charge in [0.05, 0.1) is 6.61 Å². The Balaban J connectivity index is 1.91. The summed E-state index contributed by atoms with van der Waals surface area (Å²) in [5, 5.41) is 15.2. The minimum Gasteiger partial charge on any atom is -0.457 e. The molecule has 2 atom stereocenters. The molecule has 3 rings (SSSR count). The topological polar surface area (TPSA) is 60.0 Å². The first-order chi connectivity index (χ1) is 13.6. The van der Waals surface area contributed by atoms with E-state index in [9.17, 15) is 5.11 Å². The van der Waals surface area contributed by atoms with Gasteiger partial charge in [-0.2, -0.15) is 0 Å². The maximum Gasteiger partial charge on any atom is 0.133 e. The fraction of sp³-hybridized carbons (Fsp3) is 0.478. The van der Waals surface area contributed by atoms with E-state index in [1.165, 1.54) is 0 Å². The van der Waals surface area contributed by atoms with Crippen LogP contribution in [0.2, 0.25) is 0 Å². The van der Waals surface area contributed by atoms with Crippen LogP contribution in [0.1, 0.15) is 30.4 Å². The number of hydrogen-bond donors (Lipinski definition) is 2. The van der Waals surface area contributed by atoms with Crippen LogP contribution >= 0.6 is 0 Å². The fourth-order valence-corrected chi connectivity index (χ4v) is 3.68. The highest BCUT2D eigenvalue weighted by Crippen LogP contribution is 2.40. The molecule has 1 fully saturated rings. The van der Waals surface area contributed by atoms with Crippen LogP contribution in [0.25, 0.3) is 0 Å². The van der Waals surface area contributed by atoms with Crippen molar-refractivity contribution >= 4 is 0 Å². The normalized spacial score (nSPS) is 19.2. The first-order valence-corrected chi connectivity index (χ1v) is 10.0. The second-order valence-electron chi connectivity index (χ2n) is 7.30. The van der Waals surface area contributed by atoms with Crippen molar-refractivity contribution in [3.8, 4) is 11.5 Å². The first kappa shape index (κ1) is 20.8. The number of hydrogen-bond acceptors (Lipinski definition) is 5. The molecule has 0 spiro atoms. The number of nitrogens with one attached hydrogen (secondary N) is 1. The summed E-state index contributed by atoms with van der Waals surface area (Å²) in [6.45, 7) is 4.70. The number of methoxy groups -OCH3 is 1. The molecule has 5 heteroatoms. The molecule has 28 heavy (non-hydrogen) atoms. The van der Waals surface area contributed by atoms with E-state index in [2.05, 4.69) is 5.32 Å². The van der Waals surface area contributed by atoms with Gasteiger partial charge < -0.3 is 24.6 Å². The van der Waals surface area contributed by atoms with E-state index >= 15 is 0 Å². The van der Waals surface area contributed by atoms with Crippen molar-refractivity contribution < 1.29 is 19.3 Å². The molecule has 2 N–H and O–H groups in total. The number of aryl methyl sites for hydroxylation is 1. The van der Waals surface area contributed by atoms with Crippen molar-refractivity contribution in [2.45, 2.75) is 37.9 Å². The average Bonchev–Trinajstić information content (AvgIpc) is 2.74. The molecule has 1 aliphatic rings. The Labute approximate surface area is 167 Å². The molecule has 0 saturated carbocycles. The van der Waals surface area contributed by atoms with Crippen molar-refractivity contribution in [2.24, 2.45) is 0 Å². The van der Waals surface area contributed by atoms with E-state index in [4.69, 9.17) is 14.2 Å². The standard InChI is InChI=1S/C23H31NO4/c1-18-9-3-5-11-20(18)28-21-12-6-4-10-19(21)23(25,13-7-8-15-26-2)22-17-24-14-16-27-22/h3-6,9-12,22,24-25H,7-8,13-17H2,1-2H3/t22-,23+/m1/s1. The number of aliphatic hydroxyl groups is 1. The molecular weight excluding hydrogens is 354 g/mol. The van der Waals surface area contributed by atoms with Crippen molar-refractivity contribution in [2.75, 3.05) is 33.4 Å². The van der Waals surface area contributed by atoms with Crippen LogP contribution in [0, 0.1) is 6.92 Å². The predicted octanol–water partition coefficient (Wildman–Crippen LogP) is 3.78. The highest BCUT2D eigenvalue weighted by molar-refractivity contribution is 5.44. The van der Waals surface area contributed by atoms with Gasteiger partial charge in [-0.05, 0) is 43.9 Å². The van der Waals surface area contributed by atoms with Gasteiger partial charge in [-0.3, -0.25) is 0 Å². The van der Waals surface area contributed by atoms with E-state index in [0.717, 1.165) is 36.3 Å². The summed E-state index contributed by atoms with van der Waals surface area (Å²) >= 11 is 0. The molecule has 0 aliphatic carbocycles. The smallest absolute Gasteiger partial charge is 0.133 e. The predicted molar refractivity (Wildman–Crippen MR) is 110 cm³/mol. The number of morpholine rings is 1. The number of benzene rings is 2. The molecule has 2 aromatic rings. The third kappa shape index (κ3) is 4.92. The monoisotopic (exact) mass is 385 g/mol. The molecule has 0 aromatic heterocycles. The summed E-state index contributed by atoms with van der Waals surface area (Å²) in [5.41, 5.74) is 0.682. The Hall–Kier alpha value is -1.92. The van der Waals surface area contributed by atoms with E-state index in [0.29, 0.717) is 31.9 Å². The number of rotatable bonds is 9. The Morgan fingerprint density at radius 2 is 1.86 bits per heavy atom. The minimum absolute atomic E-state index is 0.328. The summed E-state index contributed by atoms with van der Waals surface area (Å²) in [4.78, 5) is 0. The largest absolute Gasteiger partial charge is 0.457 e. The van der Waals surface area contributed by atoms with Crippen LogP contribution in [0.4, 0.5) is 0 Å². The molecule has 1 heterocycles. The molecule has 0 radical (unpaired) electrons. The van der Waals surface area contributed by atoms with E-state index in [1.54, 1.807) is 7.11 Å². The number of para-hydroxylation sites is 2. The van der Waals surface area contributed by atoms with Crippen molar-refractivity contribution in [1.29, 1.82) is 0 Å². The molecule has 1 aliphatic heterocycles. The van der Waals surface area contributed by atoms with Gasteiger partial charge in [-0.15, -0.1) is 0 Å². The van der Waals surface area contributed by atoms with Crippen molar-refractivity contribution in [1.82, 2.24) is 5.32 Å². The number of unbranched alkanes of at least 4 members (excludes halogenated alkanes) is 1. The quantitative estimate of drug-likeness (QED) is 0.644. The Morgan fingerprint density at radius 1 is 1.11 bits per heavy atom. The first-order valence-electron chi connectivity index (χ1n) is 10.0. The van der Waals surface area contributed by atoms with Crippen LogP contribution in [0.3, 0.4) is 0 Å². The van der Waals surface area contributed by atoms with Gasteiger partial charge in [0.15, 0.2) is 0 Å². The average molecular weight is 386 g/mol. The zero-order valence-corrected chi connectivity index (χ0v) is 16.8. The summed E-state index contributed by atoms with van der Waals surface area (Å²) in [6.07, 6.45) is 1.98.